The third-order valence-electron chi connectivity index (χ3n) is 4.15. The van der Waals surface area contributed by atoms with Crippen molar-refractivity contribution in [3.8, 4) is 0 Å². The van der Waals surface area contributed by atoms with Crippen LogP contribution >= 0.6 is 0 Å². The highest BCUT2D eigenvalue weighted by Gasteiger charge is 2.43. The molecule has 2 saturated carbocycles. The molecule has 3 heteroatoms. The largest absolute Gasteiger partial charge is 0.365 e. The lowest BCUT2D eigenvalue weighted by Crippen LogP contribution is -2.39. The van der Waals surface area contributed by atoms with Crippen molar-refractivity contribution in [2.45, 2.75) is 69.6 Å². The molecule has 2 fully saturated rings. The molecule has 0 heterocycles. The monoisotopic (exact) mass is 227 g/mol. The van der Waals surface area contributed by atoms with Gasteiger partial charge in [-0.25, -0.2) is 0 Å². The molecule has 0 radical (unpaired) electrons. The summed E-state index contributed by atoms with van der Waals surface area (Å²) < 4.78 is 0. The maximum Gasteiger partial charge on any atom is 0.166 e. The SMILES string of the molecule is N[C@@H](CC1CCCCC1)CC(O)(O)C1CC1. The van der Waals surface area contributed by atoms with Crippen LogP contribution in [0.5, 0.6) is 0 Å². The van der Waals surface area contributed by atoms with E-state index < -0.39 is 5.79 Å². The van der Waals surface area contributed by atoms with Crippen molar-refractivity contribution in [2.75, 3.05) is 0 Å². The molecule has 0 unspecified atom stereocenters. The molecule has 94 valence electrons. The van der Waals surface area contributed by atoms with Crippen LogP contribution in [0.2, 0.25) is 0 Å². The van der Waals surface area contributed by atoms with E-state index in [0.717, 1.165) is 25.2 Å². The van der Waals surface area contributed by atoms with E-state index in [2.05, 4.69) is 0 Å². The Balaban J connectivity index is 1.72. The normalized spacial score (nSPS) is 25.7. The van der Waals surface area contributed by atoms with Crippen LogP contribution in [0.15, 0.2) is 0 Å². The summed E-state index contributed by atoms with van der Waals surface area (Å²) in [7, 11) is 0. The molecule has 0 aromatic rings. The first-order valence-corrected chi connectivity index (χ1v) is 6.78. The Labute approximate surface area is 98.0 Å². The highest BCUT2D eigenvalue weighted by molar-refractivity contribution is 4.89. The third-order valence-corrected chi connectivity index (χ3v) is 4.15. The van der Waals surface area contributed by atoms with Crippen LogP contribution in [0.25, 0.3) is 0 Å². The average Bonchev–Trinajstić information content (AvgIpc) is 3.01. The molecule has 0 amide bonds. The Morgan fingerprint density at radius 1 is 1.06 bits per heavy atom. The molecular weight excluding hydrogens is 202 g/mol. The van der Waals surface area contributed by atoms with E-state index in [1.54, 1.807) is 0 Å². The van der Waals surface area contributed by atoms with Crippen LogP contribution in [0.1, 0.15) is 57.8 Å². The second-order valence-corrected chi connectivity index (χ2v) is 5.86. The van der Waals surface area contributed by atoms with Crippen molar-refractivity contribution in [3.05, 3.63) is 0 Å². The summed E-state index contributed by atoms with van der Waals surface area (Å²) in [5, 5.41) is 19.7. The topological polar surface area (TPSA) is 66.5 Å². The molecule has 0 aromatic carbocycles. The molecule has 0 spiro atoms. The molecule has 1 atom stereocenters. The average molecular weight is 227 g/mol. The number of rotatable bonds is 5. The van der Waals surface area contributed by atoms with Crippen molar-refractivity contribution in [1.29, 1.82) is 0 Å². The summed E-state index contributed by atoms with van der Waals surface area (Å²) in [6.07, 6.45) is 9.78. The van der Waals surface area contributed by atoms with Gasteiger partial charge in [0.15, 0.2) is 5.79 Å². The molecule has 0 saturated heterocycles. The Hall–Kier alpha value is -0.120. The summed E-state index contributed by atoms with van der Waals surface area (Å²) in [4.78, 5) is 0. The van der Waals surface area contributed by atoms with E-state index in [1.165, 1.54) is 32.1 Å². The minimum absolute atomic E-state index is 0.0429. The molecule has 4 N–H and O–H groups in total. The van der Waals surface area contributed by atoms with Crippen LogP contribution in [0, 0.1) is 11.8 Å². The predicted octanol–water partition coefficient (Wildman–Crippen LogP) is 1.77. The van der Waals surface area contributed by atoms with Crippen molar-refractivity contribution in [3.63, 3.8) is 0 Å². The van der Waals surface area contributed by atoms with Crippen LogP contribution in [0.3, 0.4) is 0 Å². The molecule has 0 aromatic heterocycles. The molecular formula is C13H25NO2. The summed E-state index contributed by atoms with van der Waals surface area (Å²) in [5.41, 5.74) is 6.04. The van der Waals surface area contributed by atoms with Crippen LogP contribution < -0.4 is 5.73 Å². The van der Waals surface area contributed by atoms with Crippen LogP contribution in [-0.2, 0) is 0 Å². The number of nitrogens with two attached hydrogens (primary N) is 1. The van der Waals surface area contributed by atoms with Crippen molar-refractivity contribution in [2.24, 2.45) is 17.6 Å². The molecule has 0 bridgehead atoms. The van der Waals surface area contributed by atoms with Gasteiger partial charge in [0.2, 0.25) is 0 Å². The summed E-state index contributed by atoms with van der Waals surface area (Å²) in [6, 6.07) is -0.0429. The fourth-order valence-electron chi connectivity index (χ4n) is 3.03. The van der Waals surface area contributed by atoms with Crippen LogP contribution in [-0.4, -0.2) is 22.0 Å². The van der Waals surface area contributed by atoms with Gasteiger partial charge in [-0.05, 0) is 25.2 Å². The fourth-order valence-corrected chi connectivity index (χ4v) is 3.03. The zero-order valence-electron chi connectivity index (χ0n) is 10.1. The first-order chi connectivity index (χ1) is 7.58. The lowest BCUT2D eigenvalue weighted by Gasteiger charge is -2.29. The first kappa shape index (κ1) is 12.3. The fraction of sp³-hybridized carbons (Fsp3) is 1.00. The van der Waals surface area contributed by atoms with E-state index in [4.69, 9.17) is 5.73 Å². The minimum atomic E-state index is -1.49. The molecule has 16 heavy (non-hydrogen) atoms. The van der Waals surface area contributed by atoms with Crippen LogP contribution in [0.4, 0.5) is 0 Å². The standard InChI is InChI=1S/C13H25NO2/c14-12(8-10-4-2-1-3-5-10)9-13(15,16)11-6-7-11/h10-12,15-16H,1-9,14H2/t12-/m0/s1. The summed E-state index contributed by atoms with van der Waals surface area (Å²) >= 11 is 0. The van der Waals surface area contributed by atoms with Crippen molar-refractivity contribution < 1.29 is 10.2 Å². The lowest BCUT2D eigenvalue weighted by molar-refractivity contribution is -0.185. The van der Waals surface area contributed by atoms with E-state index >= 15 is 0 Å². The van der Waals surface area contributed by atoms with Gasteiger partial charge in [0.1, 0.15) is 0 Å². The Kier molecular flexibility index (Phi) is 3.88. The maximum absolute atomic E-state index is 9.83. The van der Waals surface area contributed by atoms with Gasteiger partial charge in [0.05, 0.1) is 0 Å². The van der Waals surface area contributed by atoms with E-state index in [0.29, 0.717) is 6.42 Å². The highest BCUT2D eigenvalue weighted by atomic mass is 16.5. The van der Waals surface area contributed by atoms with Gasteiger partial charge in [0.25, 0.3) is 0 Å². The molecule has 2 aliphatic carbocycles. The number of hydrogen-bond acceptors (Lipinski definition) is 3. The predicted molar refractivity (Wildman–Crippen MR) is 63.7 cm³/mol. The minimum Gasteiger partial charge on any atom is -0.365 e. The summed E-state index contributed by atoms with van der Waals surface area (Å²) in [6.45, 7) is 0. The molecule has 0 aliphatic heterocycles. The van der Waals surface area contributed by atoms with Gasteiger partial charge in [-0.3, -0.25) is 0 Å². The summed E-state index contributed by atoms with van der Waals surface area (Å²) in [5.74, 6) is -0.683. The Bertz CT molecular complexity index is 220. The zero-order valence-corrected chi connectivity index (χ0v) is 10.1. The van der Waals surface area contributed by atoms with Crippen molar-refractivity contribution >= 4 is 0 Å². The maximum atomic E-state index is 9.83. The zero-order chi connectivity index (χ0) is 11.6. The molecule has 2 rings (SSSR count). The molecule has 2 aliphatic rings. The first-order valence-electron chi connectivity index (χ1n) is 6.78. The lowest BCUT2D eigenvalue weighted by atomic mass is 9.83. The second-order valence-electron chi connectivity index (χ2n) is 5.86. The van der Waals surface area contributed by atoms with Crippen molar-refractivity contribution in [1.82, 2.24) is 0 Å². The second kappa shape index (κ2) is 5.03. The van der Waals surface area contributed by atoms with E-state index in [9.17, 15) is 10.2 Å². The van der Waals surface area contributed by atoms with Gasteiger partial charge < -0.3 is 15.9 Å². The number of hydrogen-bond donors (Lipinski definition) is 3. The third kappa shape index (κ3) is 3.44. The van der Waals surface area contributed by atoms with Gasteiger partial charge in [-0.1, -0.05) is 32.1 Å². The molecule has 3 nitrogen and oxygen atoms in total. The quantitative estimate of drug-likeness (QED) is 0.627. The Morgan fingerprint density at radius 3 is 2.25 bits per heavy atom. The number of aliphatic hydroxyl groups is 2. The van der Waals surface area contributed by atoms with Gasteiger partial charge in [-0.2, -0.15) is 0 Å². The Morgan fingerprint density at radius 2 is 1.69 bits per heavy atom. The van der Waals surface area contributed by atoms with E-state index in [-0.39, 0.29) is 12.0 Å². The highest BCUT2D eigenvalue weighted by Crippen LogP contribution is 2.41. The van der Waals surface area contributed by atoms with E-state index in [1.807, 2.05) is 0 Å². The van der Waals surface area contributed by atoms with Gasteiger partial charge >= 0.3 is 0 Å². The van der Waals surface area contributed by atoms with Gasteiger partial charge in [-0.15, -0.1) is 0 Å². The van der Waals surface area contributed by atoms with Gasteiger partial charge in [0, 0.05) is 18.4 Å². The smallest absolute Gasteiger partial charge is 0.166 e.